The quantitative estimate of drug-likeness (QED) is 0.781. The van der Waals surface area contributed by atoms with Gasteiger partial charge in [-0.1, -0.05) is 13.8 Å². The highest BCUT2D eigenvalue weighted by Gasteiger charge is 2.66. The van der Waals surface area contributed by atoms with Gasteiger partial charge in [-0.15, -0.1) is 5.10 Å². The summed E-state index contributed by atoms with van der Waals surface area (Å²) in [6.07, 6.45) is 1.50. The number of nitrogens with one attached hydrogen (secondary N) is 2. The number of H-pyrrole nitrogens is 1. The Morgan fingerprint density at radius 2 is 2.19 bits per heavy atom. The molecule has 0 radical (unpaired) electrons. The van der Waals surface area contributed by atoms with Crippen molar-refractivity contribution in [2.45, 2.75) is 13.8 Å². The van der Waals surface area contributed by atoms with Gasteiger partial charge >= 0.3 is 5.97 Å². The molecular formula is C13H14N4O4. The van der Waals surface area contributed by atoms with Crippen LogP contribution in [0.4, 0.5) is 5.95 Å². The van der Waals surface area contributed by atoms with E-state index in [1.807, 2.05) is 0 Å². The number of anilines is 1. The first-order valence-electron chi connectivity index (χ1n) is 6.41. The molecule has 3 N–H and O–H groups in total. The fourth-order valence-electron chi connectivity index (χ4n) is 2.62. The summed E-state index contributed by atoms with van der Waals surface area (Å²) in [5.74, 6) is -1.64. The number of carboxylic acids is 1. The lowest BCUT2D eigenvalue weighted by Crippen LogP contribution is -2.18. The van der Waals surface area contributed by atoms with Gasteiger partial charge in [0.25, 0.3) is 0 Å². The van der Waals surface area contributed by atoms with Crippen LogP contribution in [0.5, 0.6) is 0 Å². The van der Waals surface area contributed by atoms with Gasteiger partial charge in [0.05, 0.1) is 18.1 Å². The number of aliphatic carboxylic acids is 1. The molecule has 0 spiro atoms. The van der Waals surface area contributed by atoms with Crippen molar-refractivity contribution in [1.82, 2.24) is 15.2 Å². The number of carbonyl (C=O) groups excluding carboxylic acids is 1. The van der Waals surface area contributed by atoms with Crippen molar-refractivity contribution >= 4 is 17.8 Å². The van der Waals surface area contributed by atoms with E-state index in [2.05, 4.69) is 20.5 Å². The first kappa shape index (κ1) is 13.3. The van der Waals surface area contributed by atoms with Crippen LogP contribution in [-0.4, -0.2) is 32.2 Å². The lowest BCUT2D eigenvalue weighted by Gasteiger charge is -2.01. The summed E-state index contributed by atoms with van der Waals surface area (Å²) in [6.45, 7) is 3.50. The average Bonchev–Trinajstić information content (AvgIpc) is 2.85. The Morgan fingerprint density at radius 1 is 1.43 bits per heavy atom. The first-order chi connectivity index (χ1) is 9.91. The number of hydrogen-bond donors (Lipinski definition) is 3. The molecule has 0 aliphatic heterocycles. The number of aromatic nitrogens is 3. The van der Waals surface area contributed by atoms with Gasteiger partial charge < -0.3 is 9.52 Å². The second-order valence-corrected chi connectivity index (χ2v) is 5.59. The van der Waals surface area contributed by atoms with Gasteiger partial charge in [-0.25, -0.2) is 0 Å². The van der Waals surface area contributed by atoms with E-state index in [-0.39, 0.29) is 5.95 Å². The summed E-state index contributed by atoms with van der Waals surface area (Å²) in [6, 6.07) is 3.41. The molecule has 8 heteroatoms. The van der Waals surface area contributed by atoms with Crippen molar-refractivity contribution in [3.8, 4) is 11.6 Å². The van der Waals surface area contributed by atoms with Gasteiger partial charge in [0.1, 0.15) is 0 Å². The summed E-state index contributed by atoms with van der Waals surface area (Å²) in [7, 11) is 0. The van der Waals surface area contributed by atoms with Crippen LogP contribution in [0.1, 0.15) is 13.8 Å². The molecule has 2 heterocycles. The second-order valence-electron chi connectivity index (χ2n) is 5.59. The van der Waals surface area contributed by atoms with Crippen molar-refractivity contribution in [1.29, 1.82) is 0 Å². The van der Waals surface area contributed by atoms with Crippen molar-refractivity contribution < 1.29 is 19.1 Å². The highest BCUT2D eigenvalue weighted by Crippen LogP contribution is 2.58. The molecule has 2 atom stereocenters. The minimum atomic E-state index is -0.966. The molecule has 0 saturated heterocycles. The summed E-state index contributed by atoms with van der Waals surface area (Å²) < 4.78 is 5.16. The van der Waals surface area contributed by atoms with Crippen molar-refractivity contribution in [3.63, 3.8) is 0 Å². The maximum absolute atomic E-state index is 12.1. The van der Waals surface area contributed by atoms with E-state index in [1.54, 1.807) is 26.0 Å². The maximum Gasteiger partial charge on any atom is 0.307 e. The van der Waals surface area contributed by atoms with E-state index in [0.717, 1.165) is 0 Å². The minimum Gasteiger partial charge on any atom is -0.481 e. The van der Waals surface area contributed by atoms with Gasteiger partial charge in [0.15, 0.2) is 11.6 Å². The molecule has 110 valence electrons. The van der Waals surface area contributed by atoms with Crippen molar-refractivity contribution in [2.24, 2.45) is 17.3 Å². The fourth-order valence-corrected chi connectivity index (χ4v) is 2.62. The molecule has 1 aliphatic carbocycles. The van der Waals surface area contributed by atoms with Crippen LogP contribution < -0.4 is 5.32 Å². The first-order valence-corrected chi connectivity index (χ1v) is 6.41. The number of nitrogens with zero attached hydrogens (tertiary/aromatic N) is 2. The Hall–Kier alpha value is -2.64. The van der Waals surface area contributed by atoms with Gasteiger partial charge in [0.2, 0.25) is 11.9 Å². The molecular weight excluding hydrogens is 276 g/mol. The monoisotopic (exact) mass is 290 g/mol. The van der Waals surface area contributed by atoms with E-state index in [4.69, 9.17) is 9.52 Å². The molecule has 3 rings (SSSR count). The molecule has 21 heavy (non-hydrogen) atoms. The van der Waals surface area contributed by atoms with E-state index in [0.29, 0.717) is 11.6 Å². The maximum atomic E-state index is 12.1. The van der Waals surface area contributed by atoms with Crippen LogP contribution in [0.25, 0.3) is 11.6 Å². The Kier molecular flexibility index (Phi) is 2.82. The number of aromatic amines is 1. The highest BCUT2D eigenvalue weighted by molar-refractivity contribution is 5.98. The second kappa shape index (κ2) is 4.44. The lowest BCUT2D eigenvalue weighted by molar-refractivity contribution is -0.140. The number of hydrogen-bond acceptors (Lipinski definition) is 5. The number of furan rings is 1. The van der Waals surface area contributed by atoms with Crippen molar-refractivity contribution in [3.05, 3.63) is 18.4 Å². The van der Waals surface area contributed by atoms with Gasteiger partial charge in [-0.05, 0) is 17.5 Å². The number of rotatable bonds is 4. The van der Waals surface area contributed by atoms with E-state index in [9.17, 15) is 9.59 Å². The topological polar surface area (TPSA) is 121 Å². The van der Waals surface area contributed by atoms with Gasteiger partial charge in [0, 0.05) is 0 Å². The normalized spacial score (nSPS) is 22.8. The molecule has 2 aromatic rings. The van der Waals surface area contributed by atoms with Crippen molar-refractivity contribution in [2.75, 3.05) is 5.32 Å². The van der Waals surface area contributed by atoms with E-state index >= 15 is 0 Å². The largest absolute Gasteiger partial charge is 0.481 e. The highest BCUT2D eigenvalue weighted by atomic mass is 16.4. The molecule has 0 unspecified atom stereocenters. The Balaban J connectivity index is 1.71. The van der Waals surface area contributed by atoms with Gasteiger partial charge in [-0.3, -0.25) is 20.0 Å². The summed E-state index contributed by atoms with van der Waals surface area (Å²) in [5, 5.41) is 18.1. The third-order valence-corrected chi connectivity index (χ3v) is 3.85. The van der Waals surface area contributed by atoms with Crippen LogP contribution in [0.15, 0.2) is 22.8 Å². The Labute approximate surface area is 119 Å². The minimum absolute atomic E-state index is 0.0956. The third-order valence-electron chi connectivity index (χ3n) is 3.85. The zero-order valence-electron chi connectivity index (χ0n) is 11.5. The zero-order chi connectivity index (χ0) is 15.2. The van der Waals surface area contributed by atoms with E-state index in [1.165, 1.54) is 6.26 Å². The number of carbonyl (C=O) groups is 2. The Bertz CT molecular complexity index is 689. The predicted octanol–water partition coefficient (Wildman–Crippen LogP) is 1.36. The molecule has 1 saturated carbocycles. The zero-order valence-corrected chi connectivity index (χ0v) is 11.5. The molecule has 0 bridgehead atoms. The Morgan fingerprint density at radius 3 is 2.76 bits per heavy atom. The molecule has 1 amide bonds. The number of carboxylic acid groups (broad SMARTS) is 1. The number of amides is 1. The average molecular weight is 290 g/mol. The molecule has 1 fully saturated rings. The van der Waals surface area contributed by atoms with E-state index < -0.39 is 29.1 Å². The van der Waals surface area contributed by atoms with Crippen LogP contribution in [-0.2, 0) is 9.59 Å². The standard InChI is InChI=1S/C13H14N4O4/c1-13(2)7(8(13)11(19)20)10(18)15-12-14-9(16-17-12)6-4-3-5-21-6/h3-5,7-8H,1-2H3,(H,19,20)(H2,14,15,16,17,18)/t7-,8+/m1/s1. The lowest BCUT2D eigenvalue weighted by atomic mass is 10.1. The SMILES string of the molecule is CC1(C)[C@H](C(=O)O)[C@@H]1C(=O)Nc1n[nH]c(-c2ccco2)n1. The molecule has 8 nitrogen and oxygen atoms in total. The van der Waals surface area contributed by atoms with Crippen LogP contribution in [0, 0.1) is 17.3 Å². The molecule has 2 aromatic heterocycles. The van der Waals surface area contributed by atoms with Crippen LogP contribution >= 0.6 is 0 Å². The summed E-state index contributed by atoms with van der Waals surface area (Å²) >= 11 is 0. The summed E-state index contributed by atoms with van der Waals surface area (Å²) in [4.78, 5) is 27.3. The predicted molar refractivity (Wildman–Crippen MR) is 71.1 cm³/mol. The third kappa shape index (κ3) is 2.18. The molecule has 0 aromatic carbocycles. The van der Waals surface area contributed by atoms with Crippen LogP contribution in [0.3, 0.4) is 0 Å². The smallest absolute Gasteiger partial charge is 0.307 e. The fraction of sp³-hybridized carbons (Fsp3) is 0.385. The summed E-state index contributed by atoms with van der Waals surface area (Å²) in [5.41, 5.74) is -0.559. The van der Waals surface area contributed by atoms with Gasteiger partial charge in [-0.2, -0.15) is 4.98 Å². The molecule has 1 aliphatic rings. The van der Waals surface area contributed by atoms with Crippen LogP contribution in [0.2, 0.25) is 0 Å².